The third-order valence-corrected chi connectivity index (χ3v) is 5.57. The van der Waals surface area contributed by atoms with E-state index in [0.717, 1.165) is 42.5 Å². The summed E-state index contributed by atoms with van der Waals surface area (Å²) in [6.45, 7) is 5.08. The van der Waals surface area contributed by atoms with E-state index in [1.54, 1.807) is 18.9 Å². The van der Waals surface area contributed by atoms with Gasteiger partial charge in [-0.05, 0) is 49.9 Å². The molecule has 2 atom stereocenters. The predicted octanol–water partition coefficient (Wildman–Crippen LogP) is 3.35. The van der Waals surface area contributed by atoms with Crippen LogP contribution in [0.4, 0.5) is 0 Å². The molecule has 1 aliphatic heterocycles. The van der Waals surface area contributed by atoms with Crippen molar-refractivity contribution >= 4 is 30.1 Å². The van der Waals surface area contributed by atoms with Gasteiger partial charge in [-0.15, -0.1) is 24.2 Å². The monoisotopic (exact) mass is 372 g/mol. The van der Waals surface area contributed by atoms with Crippen molar-refractivity contribution in [2.45, 2.75) is 31.1 Å². The molecule has 1 amide bonds. The normalized spacial score (nSPS) is 17.8. The Morgan fingerprint density at radius 2 is 2.25 bits per heavy atom. The number of amides is 1. The van der Waals surface area contributed by atoms with Crippen molar-refractivity contribution in [3.8, 4) is 5.75 Å². The molecular formula is C18H29ClN2O2S. The molecule has 1 saturated heterocycles. The van der Waals surface area contributed by atoms with Crippen molar-refractivity contribution in [2.75, 3.05) is 32.5 Å². The summed E-state index contributed by atoms with van der Waals surface area (Å²) in [5, 5.41) is 6.41. The topological polar surface area (TPSA) is 50.4 Å². The van der Waals surface area contributed by atoms with E-state index in [0.29, 0.717) is 18.3 Å². The average molecular weight is 373 g/mol. The van der Waals surface area contributed by atoms with Crippen LogP contribution in [0, 0.1) is 11.8 Å². The number of hydrogen-bond donors (Lipinski definition) is 2. The minimum atomic E-state index is 0. The number of ether oxygens (including phenoxy) is 1. The molecule has 1 fully saturated rings. The molecule has 2 N–H and O–H groups in total. The summed E-state index contributed by atoms with van der Waals surface area (Å²) in [5.74, 6) is 3.18. The lowest BCUT2D eigenvalue weighted by Crippen LogP contribution is -2.29. The highest BCUT2D eigenvalue weighted by atomic mass is 35.5. The summed E-state index contributed by atoms with van der Waals surface area (Å²) >= 11 is 1.78. The van der Waals surface area contributed by atoms with E-state index in [2.05, 4.69) is 23.6 Å². The van der Waals surface area contributed by atoms with Gasteiger partial charge in [0.1, 0.15) is 5.75 Å². The van der Waals surface area contributed by atoms with Gasteiger partial charge in [0.05, 0.1) is 7.11 Å². The fraction of sp³-hybridized carbons (Fsp3) is 0.611. The maximum atomic E-state index is 11.9. The Morgan fingerprint density at radius 1 is 1.46 bits per heavy atom. The molecule has 0 bridgehead atoms. The molecule has 0 aliphatic carbocycles. The molecule has 1 heterocycles. The first kappa shape index (κ1) is 21.1. The lowest BCUT2D eigenvalue weighted by Gasteiger charge is -2.14. The number of rotatable bonds is 9. The number of carbonyl (C=O) groups excluding carboxylic acids is 1. The molecule has 0 aromatic heterocycles. The number of carbonyl (C=O) groups is 1. The maximum absolute atomic E-state index is 11.9. The highest BCUT2D eigenvalue weighted by Crippen LogP contribution is 2.29. The molecule has 2 rings (SSSR count). The molecule has 0 spiro atoms. The summed E-state index contributed by atoms with van der Waals surface area (Å²) < 4.78 is 5.36. The van der Waals surface area contributed by atoms with Crippen molar-refractivity contribution in [1.82, 2.24) is 10.6 Å². The summed E-state index contributed by atoms with van der Waals surface area (Å²) in [4.78, 5) is 13.1. The van der Waals surface area contributed by atoms with Crippen LogP contribution in [0.15, 0.2) is 29.2 Å². The van der Waals surface area contributed by atoms with E-state index in [-0.39, 0.29) is 18.3 Å². The van der Waals surface area contributed by atoms with E-state index in [1.807, 2.05) is 18.2 Å². The smallest absolute Gasteiger partial charge is 0.220 e. The van der Waals surface area contributed by atoms with Gasteiger partial charge in [-0.2, -0.15) is 0 Å². The lowest BCUT2D eigenvalue weighted by molar-refractivity contribution is -0.121. The van der Waals surface area contributed by atoms with E-state index in [9.17, 15) is 4.79 Å². The first-order valence-electron chi connectivity index (χ1n) is 8.42. The summed E-state index contributed by atoms with van der Waals surface area (Å²) in [7, 11) is 1.70. The number of benzene rings is 1. The van der Waals surface area contributed by atoms with E-state index < -0.39 is 0 Å². The maximum Gasteiger partial charge on any atom is 0.220 e. The average Bonchev–Trinajstić information content (AvgIpc) is 3.10. The first-order chi connectivity index (χ1) is 11.2. The van der Waals surface area contributed by atoms with Crippen LogP contribution >= 0.6 is 24.2 Å². The fourth-order valence-corrected chi connectivity index (χ4v) is 3.75. The molecule has 2 unspecified atom stereocenters. The highest BCUT2D eigenvalue weighted by Gasteiger charge is 2.16. The largest absolute Gasteiger partial charge is 0.496 e. The van der Waals surface area contributed by atoms with Crippen LogP contribution in [0.5, 0.6) is 5.75 Å². The Morgan fingerprint density at radius 3 is 2.96 bits per heavy atom. The third kappa shape index (κ3) is 7.32. The second-order valence-corrected chi connectivity index (χ2v) is 7.33. The van der Waals surface area contributed by atoms with Gasteiger partial charge in [0.2, 0.25) is 5.91 Å². The highest BCUT2D eigenvalue weighted by molar-refractivity contribution is 7.99. The Bertz CT molecular complexity index is 496. The molecule has 1 aromatic rings. The number of thioether (sulfide) groups is 1. The van der Waals surface area contributed by atoms with Crippen LogP contribution in [-0.2, 0) is 4.79 Å². The Labute approximate surface area is 155 Å². The van der Waals surface area contributed by atoms with E-state index >= 15 is 0 Å². The Balaban J connectivity index is 0.00000288. The van der Waals surface area contributed by atoms with Crippen molar-refractivity contribution in [1.29, 1.82) is 0 Å². The van der Waals surface area contributed by atoms with Crippen LogP contribution in [0.25, 0.3) is 0 Å². The molecular weight excluding hydrogens is 344 g/mol. The lowest BCUT2D eigenvalue weighted by atomic mass is 10.0. The predicted molar refractivity (Wildman–Crippen MR) is 103 cm³/mol. The zero-order valence-corrected chi connectivity index (χ0v) is 16.2. The minimum absolute atomic E-state index is 0. The quantitative estimate of drug-likeness (QED) is 0.652. The minimum Gasteiger partial charge on any atom is -0.496 e. The number of nitrogens with one attached hydrogen (secondary N) is 2. The molecule has 0 radical (unpaired) electrons. The van der Waals surface area contributed by atoms with E-state index in [1.165, 1.54) is 6.42 Å². The zero-order chi connectivity index (χ0) is 16.5. The van der Waals surface area contributed by atoms with Gasteiger partial charge >= 0.3 is 0 Å². The van der Waals surface area contributed by atoms with Gasteiger partial charge in [0, 0.05) is 23.6 Å². The molecule has 24 heavy (non-hydrogen) atoms. The SMILES string of the molecule is COc1ccccc1SCC(C)CNC(=O)CCC1CCNC1.Cl. The third-order valence-electron chi connectivity index (χ3n) is 4.18. The van der Waals surface area contributed by atoms with Gasteiger partial charge in [-0.3, -0.25) is 4.79 Å². The second kappa shape index (κ2) is 11.6. The van der Waals surface area contributed by atoms with Crippen LogP contribution in [0.3, 0.4) is 0 Å². The second-order valence-electron chi connectivity index (χ2n) is 6.27. The number of para-hydroxylation sites is 1. The first-order valence-corrected chi connectivity index (χ1v) is 9.41. The van der Waals surface area contributed by atoms with Crippen LogP contribution < -0.4 is 15.4 Å². The summed E-state index contributed by atoms with van der Waals surface area (Å²) in [5.41, 5.74) is 0. The van der Waals surface area contributed by atoms with Crippen LogP contribution in [0.1, 0.15) is 26.2 Å². The molecule has 1 aromatic carbocycles. The summed E-state index contributed by atoms with van der Waals surface area (Å²) in [6, 6.07) is 8.05. The Kier molecular flexibility index (Phi) is 10.2. The zero-order valence-electron chi connectivity index (χ0n) is 14.5. The molecule has 1 aliphatic rings. The van der Waals surface area contributed by atoms with Crippen molar-refractivity contribution in [2.24, 2.45) is 11.8 Å². The van der Waals surface area contributed by atoms with Gasteiger partial charge in [-0.25, -0.2) is 0 Å². The van der Waals surface area contributed by atoms with Gasteiger partial charge in [0.15, 0.2) is 0 Å². The molecule has 6 heteroatoms. The number of halogens is 1. The van der Waals surface area contributed by atoms with Gasteiger partial charge in [-0.1, -0.05) is 19.1 Å². The fourth-order valence-electron chi connectivity index (χ4n) is 2.70. The van der Waals surface area contributed by atoms with E-state index in [4.69, 9.17) is 4.74 Å². The van der Waals surface area contributed by atoms with Gasteiger partial charge < -0.3 is 15.4 Å². The van der Waals surface area contributed by atoms with Crippen molar-refractivity contribution in [3.05, 3.63) is 24.3 Å². The number of methoxy groups -OCH3 is 1. The molecule has 136 valence electrons. The van der Waals surface area contributed by atoms with Crippen LogP contribution in [0.2, 0.25) is 0 Å². The number of hydrogen-bond acceptors (Lipinski definition) is 4. The molecule has 0 saturated carbocycles. The molecule has 4 nitrogen and oxygen atoms in total. The van der Waals surface area contributed by atoms with Gasteiger partial charge in [0.25, 0.3) is 0 Å². The van der Waals surface area contributed by atoms with Crippen molar-refractivity contribution in [3.63, 3.8) is 0 Å². The van der Waals surface area contributed by atoms with Crippen LogP contribution in [-0.4, -0.2) is 38.4 Å². The standard InChI is InChI=1S/C18H28N2O2S.ClH/c1-14(13-23-17-6-4-3-5-16(17)22-2)11-20-18(21)8-7-15-9-10-19-12-15;/h3-6,14-15,19H,7-13H2,1-2H3,(H,20,21);1H. The summed E-state index contributed by atoms with van der Waals surface area (Å²) in [6.07, 6.45) is 2.86. The van der Waals surface area contributed by atoms with Crippen molar-refractivity contribution < 1.29 is 9.53 Å². The Hall–Kier alpha value is -0.910.